The first-order chi connectivity index (χ1) is 8.60. The quantitative estimate of drug-likeness (QED) is 0.751. The van der Waals surface area contributed by atoms with Crippen LogP contribution in [0.5, 0.6) is 5.75 Å². The van der Waals surface area contributed by atoms with Crippen molar-refractivity contribution < 1.29 is 14.3 Å². The van der Waals surface area contributed by atoms with Crippen LogP contribution >= 0.6 is 0 Å². The summed E-state index contributed by atoms with van der Waals surface area (Å²) >= 11 is 0. The maximum absolute atomic E-state index is 12.2. The van der Waals surface area contributed by atoms with E-state index in [4.69, 9.17) is 9.47 Å². The minimum atomic E-state index is -0.203. The van der Waals surface area contributed by atoms with E-state index in [1.807, 2.05) is 25.1 Å². The zero-order chi connectivity index (χ0) is 13.2. The maximum atomic E-state index is 12.2. The van der Waals surface area contributed by atoms with E-state index < -0.39 is 0 Å². The van der Waals surface area contributed by atoms with Gasteiger partial charge in [0, 0.05) is 19.1 Å². The molecule has 2 rings (SSSR count). The van der Waals surface area contributed by atoms with Crippen molar-refractivity contribution in [3.63, 3.8) is 0 Å². The predicted molar refractivity (Wildman–Crippen MR) is 70.3 cm³/mol. The van der Waals surface area contributed by atoms with E-state index in [1.165, 1.54) is 0 Å². The highest BCUT2D eigenvalue weighted by Gasteiger charge is 2.39. The van der Waals surface area contributed by atoms with Crippen LogP contribution in [0.25, 0.3) is 0 Å². The molecule has 0 amide bonds. The molecule has 0 aromatic heterocycles. The summed E-state index contributed by atoms with van der Waals surface area (Å²) < 4.78 is 10.7. The average molecular weight is 248 g/mol. The van der Waals surface area contributed by atoms with Crippen molar-refractivity contribution in [1.29, 1.82) is 0 Å². The monoisotopic (exact) mass is 248 g/mol. The molecule has 98 valence electrons. The van der Waals surface area contributed by atoms with Crippen LogP contribution in [0.4, 0.5) is 0 Å². The van der Waals surface area contributed by atoms with Crippen LogP contribution in [0.15, 0.2) is 18.2 Å². The molecule has 3 heteroatoms. The lowest BCUT2D eigenvalue weighted by Gasteiger charge is -2.40. The number of benzene rings is 1. The first kappa shape index (κ1) is 13.1. The molecule has 0 N–H and O–H groups in total. The molecule has 0 saturated heterocycles. The van der Waals surface area contributed by atoms with Gasteiger partial charge in [-0.1, -0.05) is 0 Å². The molecule has 3 nitrogen and oxygen atoms in total. The molecule has 0 atom stereocenters. The summed E-state index contributed by atoms with van der Waals surface area (Å²) in [6.07, 6.45) is 3.62. The second-order valence-corrected chi connectivity index (χ2v) is 5.03. The number of hydrogen-bond acceptors (Lipinski definition) is 3. The van der Waals surface area contributed by atoms with Crippen LogP contribution < -0.4 is 4.74 Å². The Balaban J connectivity index is 2.11. The van der Waals surface area contributed by atoms with E-state index >= 15 is 0 Å². The zero-order valence-corrected chi connectivity index (χ0v) is 11.3. The van der Waals surface area contributed by atoms with E-state index in [2.05, 4.69) is 0 Å². The molecule has 0 heterocycles. The highest BCUT2D eigenvalue weighted by atomic mass is 16.5. The molecule has 0 bridgehead atoms. The van der Waals surface area contributed by atoms with E-state index in [0.717, 1.165) is 36.1 Å². The first-order valence-corrected chi connectivity index (χ1v) is 6.33. The third-order valence-corrected chi connectivity index (χ3v) is 3.90. The number of methoxy groups -OCH3 is 2. The third-order valence-electron chi connectivity index (χ3n) is 3.90. The van der Waals surface area contributed by atoms with Gasteiger partial charge in [0.2, 0.25) is 0 Å². The average Bonchev–Trinajstić information content (AvgIpc) is 2.33. The number of carbonyl (C=O) groups is 1. The van der Waals surface area contributed by atoms with Gasteiger partial charge in [0.25, 0.3) is 0 Å². The van der Waals surface area contributed by atoms with Crippen molar-refractivity contribution in [3.8, 4) is 5.75 Å². The van der Waals surface area contributed by atoms with E-state index in [1.54, 1.807) is 14.2 Å². The second kappa shape index (κ2) is 5.11. The highest BCUT2D eigenvalue weighted by Crippen LogP contribution is 2.39. The Labute approximate surface area is 108 Å². The molecule has 0 spiro atoms. The van der Waals surface area contributed by atoms with Crippen molar-refractivity contribution in [1.82, 2.24) is 0 Å². The molecule has 1 saturated carbocycles. The molecule has 0 aliphatic heterocycles. The Kier molecular flexibility index (Phi) is 3.71. The molecule has 1 fully saturated rings. The van der Waals surface area contributed by atoms with Crippen molar-refractivity contribution in [3.05, 3.63) is 29.3 Å². The summed E-state index contributed by atoms with van der Waals surface area (Å²) in [5.41, 5.74) is 1.53. The Morgan fingerprint density at radius 1 is 1.33 bits per heavy atom. The largest absolute Gasteiger partial charge is 0.496 e. The SMILES string of the molecule is COc1ccc(C(=O)CC2(OC)CCC2)cc1C. The smallest absolute Gasteiger partial charge is 0.165 e. The van der Waals surface area contributed by atoms with Gasteiger partial charge in [-0.2, -0.15) is 0 Å². The lowest BCUT2D eigenvalue weighted by molar-refractivity contribution is -0.0704. The van der Waals surface area contributed by atoms with Crippen molar-refractivity contribution in [2.24, 2.45) is 0 Å². The predicted octanol–water partition coefficient (Wildman–Crippen LogP) is 3.15. The topological polar surface area (TPSA) is 35.5 Å². The number of aryl methyl sites for hydroxylation is 1. The van der Waals surface area contributed by atoms with E-state index in [9.17, 15) is 4.79 Å². The van der Waals surface area contributed by atoms with Crippen LogP contribution in [0.3, 0.4) is 0 Å². The van der Waals surface area contributed by atoms with Gasteiger partial charge in [-0.15, -0.1) is 0 Å². The molecule has 0 unspecified atom stereocenters. The van der Waals surface area contributed by atoms with E-state index in [0.29, 0.717) is 6.42 Å². The van der Waals surface area contributed by atoms with Crippen LogP contribution in [0.1, 0.15) is 41.6 Å². The molecule has 18 heavy (non-hydrogen) atoms. The van der Waals surface area contributed by atoms with Gasteiger partial charge in [-0.05, 0) is 49.9 Å². The summed E-state index contributed by atoms with van der Waals surface area (Å²) in [6.45, 7) is 1.95. The standard InChI is InChI=1S/C15H20O3/c1-11-9-12(5-6-14(11)17-2)13(16)10-15(18-3)7-4-8-15/h5-6,9H,4,7-8,10H2,1-3H3. The minimum absolute atomic E-state index is 0.155. The van der Waals surface area contributed by atoms with E-state index in [-0.39, 0.29) is 11.4 Å². The Morgan fingerprint density at radius 3 is 2.50 bits per heavy atom. The number of hydrogen-bond donors (Lipinski definition) is 0. The number of ketones is 1. The maximum Gasteiger partial charge on any atom is 0.165 e. The van der Waals surface area contributed by atoms with Gasteiger partial charge in [-0.25, -0.2) is 0 Å². The van der Waals surface area contributed by atoms with Gasteiger partial charge in [0.15, 0.2) is 5.78 Å². The highest BCUT2D eigenvalue weighted by molar-refractivity contribution is 5.97. The number of ether oxygens (including phenoxy) is 2. The Bertz CT molecular complexity index is 442. The Hall–Kier alpha value is -1.35. The molecule has 0 radical (unpaired) electrons. The van der Waals surface area contributed by atoms with Gasteiger partial charge in [0.1, 0.15) is 5.75 Å². The van der Waals surface area contributed by atoms with Crippen molar-refractivity contribution >= 4 is 5.78 Å². The summed E-state index contributed by atoms with van der Waals surface area (Å²) in [6, 6.07) is 5.57. The van der Waals surface area contributed by atoms with Crippen LogP contribution in [0, 0.1) is 6.92 Å². The van der Waals surface area contributed by atoms with Gasteiger partial charge in [-0.3, -0.25) is 4.79 Å². The van der Waals surface area contributed by atoms with Crippen LogP contribution in [-0.4, -0.2) is 25.6 Å². The molecule has 1 aromatic carbocycles. The van der Waals surface area contributed by atoms with Crippen molar-refractivity contribution in [2.45, 2.75) is 38.2 Å². The normalized spacial score (nSPS) is 17.1. The zero-order valence-electron chi connectivity index (χ0n) is 11.3. The second-order valence-electron chi connectivity index (χ2n) is 5.03. The molecule has 1 aromatic rings. The summed E-state index contributed by atoms with van der Waals surface area (Å²) in [4.78, 5) is 12.2. The third kappa shape index (κ3) is 2.41. The van der Waals surface area contributed by atoms with Crippen LogP contribution in [-0.2, 0) is 4.74 Å². The molecular formula is C15H20O3. The Morgan fingerprint density at radius 2 is 2.06 bits per heavy atom. The molecule has 1 aliphatic rings. The van der Waals surface area contributed by atoms with Gasteiger partial charge >= 0.3 is 0 Å². The fraction of sp³-hybridized carbons (Fsp3) is 0.533. The van der Waals surface area contributed by atoms with Crippen molar-refractivity contribution in [2.75, 3.05) is 14.2 Å². The summed E-state index contributed by atoms with van der Waals surface area (Å²) in [7, 11) is 3.34. The summed E-state index contributed by atoms with van der Waals surface area (Å²) in [5, 5.41) is 0. The molecule has 1 aliphatic carbocycles. The summed E-state index contributed by atoms with van der Waals surface area (Å²) in [5.74, 6) is 0.971. The lowest BCUT2D eigenvalue weighted by atomic mass is 9.76. The van der Waals surface area contributed by atoms with Gasteiger partial charge < -0.3 is 9.47 Å². The fourth-order valence-corrected chi connectivity index (χ4v) is 2.47. The number of Topliss-reactive ketones (excluding diaryl/α,β-unsaturated/α-hetero) is 1. The minimum Gasteiger partial charge on any atom is -0.496 e. The fourth-order valence-electron chi connectivity index (χ4n) is 2.47. The number of rotatable bonds is 5. The lowest BCUT2D eigenvalue weighted by Crippen LogP contribution is -2.41. The number of carbonyl (C=O) groups excluding carboxylic acids is 1. The van der Waals surface area contributed by atoms with Gasteiger partial charge in [0.05, 0.1) is 12.7 Å². The molecular weight excluding hydrogens is 228 g/mol. The van der Waals surface area contributed by atoms with Crippen LogP contribution in [0.2, 0.25) is 0 Å². The first-order valence-electron chi connectivity index (χ1n) is 6.33.